The van der Waals surface area contributed by atoms with Crippen LogP contribution in [0, 0.1) is 0 Å². The summed E-state index contributed by atoms with van der Waals surface area (Å²) in [7, 11) is 0. The van der Waals surface area contributed by atoms with Gasteiger partial charge in [0.25, 0.3) is 0 Å². The van der Waals surface area contributed by atoms with Gasteiger partial charge in [0.05, 0.1) is 18.8 Å². The molecule has 3 atom stereocenters. The van der Waals surface area contributed by atoms with E-state index in [0.29, 0.717) is 6.42 Å². The molecule has 0 aromatic heterocycles. The van der Waals surface area contributed by atoms with Crippen LogP contribution in [0.3, 0.4) is 0 Å². The Morgan fingerprint density at radius 3 is 1.09 bits per heavy atom. The van der Waals surface area contributed by atoms with Gasteiger partial charge in [-0.2, -0.15) is 0 Å². The molecule has 0 aliphatic heterocycles. The van der Waals surface area contributed by atoms with Crippen LogP contribution in [0.4, 0.5) is 0 Å². The lowest BCUT2D eigenvalue weighted by Crippen LogP contribution is -2.48. The first-order valence-corrected chi connectivity index (χ1v) is 24.5. The third kappa shape index (κ3) is 40.5. The van der Waals surface area contributed by atoms with Crippen LogP contribution in [0.1, 0.15) is 245 Å². The zero-order valence-corrected chi connectivity index (χ0v) is 37.3. The van der Waals surface area contributed by atoms with Gasteiger partial charge in [0.1, 0.15) is 6.10 Å². The normalized spacial score (nSPS) is 13.9. The molecule has 0 aromatic rings. The zero-order valence-electron chi connectivity index (χ0n) is 37.3. The first kappa shape index (κ1) is 54.3. The van der Waals surface area contributed by atoms with Gasteiger partial charge in [-0.3, -0.25) is 4.79 Å². The van der Waals surface area contributed by atoms with Crippen LogP contribution < -0.4 is 5.32 Å². The second kappa shape index (κ2) is 46.0. The van der Waals surface area contributed by atoms with Gasteiger partial charge in [0.15, 0.2) is 0 Å². The molecule has 0 radical (unpaired) electrons. The lowest BCUT2D eigenvalue weighted by molar-refractivity contribution is -0.131. The van der Waals surface area contributed by atoms with E-state index in [1.54, 1.807) is 6.08 Å². The molecule has 0 rings (SSSR count). The first-order valence-electron chi connectivity index (χ1n) is 24.5. The number of hydrogen-bond acceptors (Lipinski definition) is 4. The minimum Gasteiger partial charge on any atom is -0.394 e. The summed E-state index contributed by atoms with van der Waals surface area (Å²) in [5.41, 5.74) is 0. The van der Waals surface area contributed by atoms with Crippen LogP contribution >= 0.6 is 0 Å². The van der Waals surface area contributed by atoms with E-state index in [9.17, 15) is 20.1 Å². The van der Waals surface area contributed by atoms with Gasteiger partial charge in [-0.25, -0.2) is 0 Å². The second-order valence-corrected chi connectivity index (χ2v) is 16.6. The van der Waals surface area contributed by atoms with Crippen molar-refractivity contribution in [2.75, 3.05) is 6.61 Å². The smallest absolute Gasteiger partial charge is 0.249 e. The summed E-state index contributed by atoms with van der Waals surface area (Å²) in [6.07, 6.45) is 60.2. The number of hydrogen-bond donors (Lipinski definition) is 4. The number of aliphatic hydroxyl groups excluding tert-OH is 3. The van der Waals surface area contributed by atoms with Crippen molar-refractivity contribution in [2.24, 2.45) is 0 Å². The molecular formula is C51H95NO4. The lowest BCUT2D eigenvalue weighted by atomic mass is 10.0. The predicted molar refractivity (Wildman–Crippen MR) is 245 cm³/mol. The Bertz CT molecular complexity index is 912. The van der Waals surface area contributed by atoms with Gasteiger partial charge in [0.2, 0.25) is 5.91 Å². The molecule has 0 bridgehead atoms. The van der Waals surface area contributed by atoms with Gasteiger partial charge in [-0.1, -0.05) is 223 Å². The maximum atomic E-state index is 12.5. The minimum atomic E-state index is -1.12. The standard InChI is InChI=1S/C51H95NO4/c1-3-5-7-9-11-13-15-17-19-21-23-24-25-26-27-28-30-31-33-35-37-39-41-43-45-49(54)48(47-53)52-51(56)50(55)46-44-42-40-38-36-34-32-29-22-20-18-16-14-12-10-8-6-4-2/h22,28-30,35,37,43,45,48-50,53-55H,3-21,23-27,31-34,36,38-42,44,46-47H2,1-2H3,(H,52,56)/b29-22-,30-28+,37-35+,45-43+. The molecule has 5 nitrogen and oxygen atoms in total. The Hall–Kier alpha value is -1.69. The topological polar surface area (TPSA) is 89.8 Å². The third-order valence-electron chi connectivity index (χ3n) is 11.1. The van der Waals surface area contributed by atoms with Gasteiger partial charge < -0.3 is 20.6 Å². The van der Waals surface area contributed by atoms with Gasteiger partial charge in [0, 0.05) is 0 Å². The average molecular weight is 786 g/mol. The number of carbonyl (C=O) groups is 1. The SMILES string of the molecule is CCCCCCCCCC/C=C\CCCCCCCCC(O)C(=O)NC(CO)C(O)/C=C/CC/C=C/CC/C=C/CCCCCCCCCCCCCCCC. The highest BCUT2D eigenvalue weighted by Gasteiger charge is 2.22. The van der Waals surface area contributed by atoms with E-state index in [0.717, 1.165) is 51.4 Å². The van der Waals surface area contributed by atoms with E-state index in [2.05, 4.69) is 55.6 Å². The summed E-state index contributed by atoms with van der Waals surface area (Å²) in [5.74, 6) is -0.521. The molecule has 0 saturated heterocycles. The molecule has 0 aliphatic rings. The fraction of sp³-hybridized carbons (Fsp3) is 0.824. The Morgan fingerprint density at radius 1 is 0.429 bits per heavy atom. The van der Waals surface area contributed by atoms with E-state index < -0.39 is 24.2 Å². The van der Waals surface area contributed by atoms with Crippen molar-refractivity contribution in [2.45, 2.75) is 263 Å². The van der Waals surface area contributed by atoms with Crippen LogP contribution in [-0.2, 0) is 4.79 Å². The third-order valence-corrected chi connectivity index (χ3v) is 11.1. The van der Waals surface area contributed by atoms with Crippen molar-refractivity contribution in [3.05, 3.63) is 48.6 Å². The van der Waals surface area contributed by atoms with Crippen molar-refractivity contribution in [3.63, 3.8) is 0 Å². The Kier molecular flexibility index (Phi) is 44.6. The number of allylic oxidation sites excluding steroid dienone is 7. The molecule has 0 heterocycles. The minimum absolute atomic E-state index is 0.384. The highest BCUT2D eigenvalue weighted by molar-refractivity contribution is 5.80. The number of nitrogens with one attached hydrogen (secondary N) is 1. The van der Waals surface area contributed by atoms with E-state index in [4.69, 9.17) is 0 Å². The molecule has 4 N–H and O–H groups in total. The molecule has 328 valence electrons. The predicted octanol–water partition coefficient (Wildman–Crippen LogP) is 14.5. The van der Waals surface area contributed by atoms with Crippen LogP contribution in [0.25, 0.3) is 0 Å². The number of amides is 1. The fourth-order valence-corrected chi connectivity index (χ4v) is 7.27. The lowest BCUT2D eigenvalue weighted by Gasteiger charge is -2.21. The number of rotatable bonds is 44. The first-order chi connectivity index (χ1) is 27.6. The van der Waals surface area contributed by atoms with Crippen LogP contribution in [-0.4, -0.2) is 46.1 Å². The van der Waals surface area contributed by atoms with Crippen LogP contribution in [0.5, 0.6) is 0 Å². The van der Waals surface area contributed by atoms with E-state index in [-0.39, 0.29) is 6.61 Å². The van der Waals surface area contributed by atoms with Gasteiger partial charge in [-0.05, 0) is 70.6 Å². The molecule has 5 heteroatoms. The molecule has 1 amide bonds. The zero-order chi connectivity index (χ0) is 40.8. The van der Waals surface area contributed by atoms with E-state index in [1.807, 2.05) is 6.08 Å². The fourth-order valence-electron chi connectivity index (χ4n) is 7.27. The highest BCUT2D eigenvalue weighted by Crippen LogP contribution is 2.15. The summed E-state index contributed by atoms with van der Waals surface area (Å²) in [6.45, 7) is 4.17. The van der Waals surface area contributed by atoms with Crippen molar-refractivity contribution in [3.8, 4) is 0 Å². The van der Waals surface area contributed by atoms with Gasteiger partial charge >= 0.3 is 0 Å². The quantitative estimate of drug-likeness (QED) is 0.0366. The van der Waals surface area contributed by atoms with Crippen LogP contribution in [0.2, 0.25) is 0 Å². The molecule has 0 fully saturated rings. The summed E-state index contributed by atoms with van der Waals surface area (Å²) in [4.78, 5) is 12.5. The number of unbranched alkanes of at least 4 members (excludes halogenated alkanes) is 30. The van der Waals surface area contributed by atoms with Crippen molar-refractivity contribution >= 4 is 5.91 Å². The largest absolute Gasteiger partial charge is 0.394 e. The second-order valence-electron chi connectivity index (χ2n) is 16.6. The summed E-state index contributed by atoms with van der Waals surface area (Å²) in [6, 6.07) is -0.824. The Morgan fingerprint density at radius 2 is 0.732 bits per heavy atom. The molecule has 0 aliphatic carbocycles. The molecule has 56 heavy (non-hydrogen) atoms. The molecule has 0 saturated carbocycles. The molecular weight excluding hydrogens is 691 g/mol. The number of aliphatic hydroxyl groups is 3. The Balaban J connectivity index is 3.72. The number of carbonyl (C=O) groups excluding carboxylic acids is 1. The maximum absolute atomic E-state index is 12.5. The van der Waals surface area contributed by atoms with Crippen molar-refractivity contribution in [1.29, 1.82) is 0 Å². The molecule has 0 aromatic carbocycles. The van der Waals surface area contributed by atoms with Crippen molar-refractivity contribution in [1.82, 2.24) is 5.32 Å². The molecule has 0 spiro atoms. The van der Waals surface area contributed by atoms with Crippen LogP contribution in [0.15, 0.2) is 48.6 Å². The van der Waals surface area contributed by atoms with Crippen molar-refractivity contribution < 1.29 is 20.1 Å². The van der Waals surface area contributed by atoms with E-state index in [1.165, 1.54) is 173 Å². The highest BCUT2D eigenvalue weighted by atomic mass is 16.3. The Labute approximate surface area is 348 Å². The maximum Gasteiger partial charge on any atom is 0.249 e. The summed E-state index contributed by atoms with van der Waals surface area (Å²) >= 11 is 0. The monoisotopic (exact) mass is 786 g/mol. The molecule has 3 unspecified atom stereocenters. The average Bonchev–Trinajstić information content (AvgIpc) is 3.20. The van der Waals surface area contributed by atoms with E-state index >= 15 is 0 Å². The van der Waals surface area contributed by atoms with Gasteiger partial charge in [-0.15, -0.1) is 0 Å². The summed E-state index contributed by atoms with van der Waals surface area (Å²) in [5, 5.41) is 33.2. The summed E-state index contributed by atoms with van der Waals surface area (Å²) < 4.78 is 0.